The van der Waals surface area contributed by atoms with Crippen LogP contribution in [-0.4, -0.2) is 48.7 Å². The molecule has 0 saturated carbocycles. The van der Waals surface area contributed by atoms with Gasteiger partial charge in [-0.05, 0) is 18.1 Å². The minimum absolute atomic E-state index is 0. The van der Waals surface area contributed by atoms with Gasteiger partial charge in [-0.25, -0.2) is 0 Å². The summed E-state index contributed by atoms with van der Waals surface area (Å²) in [6.07, 6.45) is -5.95. The SMILES string of the molecule is O=S(=O)(O)c1ccccc1CCC(F)(F)F.[NaH]. The topological polar surface area (TPSA) is 54.4 Å². The zero-order valence-electron chi connectivity index (χ0n) is 8.03. The van der Waals surface area contributed by atoms with Crippen LogP contribution in [0.5, 0.6) is 0 Å². The Morgan fingerprint density at radius 1 is 1.18 bits per heavy atom. The van der Waals surface area contributed by atoms with Gasteiger partial charge in [0.2, 0.25) is 0 Å². The van der Waals surface area contributed by atoms with Crippen LogP contribution >= 0.6 is 0 Å². The van der Waals surface area contributed by atoms with Crippen molar-refractivity contribution in [3.05, 3.63) is 29.8 Å². The first kappa shape index (κ1) is 16.9. The molecule has 0 saturated heterocycles. The summed E-state index contributed by atoms with van der Waals surface area (Å²) in [6, 6.07) is 5.07. The normalized spacial score (nSPS) is 12.0. The molecule has 0 aromatic heterocycles. The van der Waals surface area contributed by atoms with Gasteiger partial charge < -0.3 is 0 Å². The summed E-state index contributed by atoms with van der Waals surface area (Å²) < 4.78 is 66.4. The van der Waals surface area contributed by atoms with Gasteiger partial charge in [0.1, 0.15) is 0 Å². The Balaban J connectivity index is 0.00000256. The molecule has 0 amide bonds. The van der Waals surface area contributed by atoms with Gasteiger partial charge in [-0.1, -0.05) is 18.2 Å². The fraction of sp³-hybridized carbons (Fsp3) is 0.333. The third-order valence-corrected chi connectivity index (χ3v) is 2.88. The van der Waals surface area contributed by atoms with Gasteiger partial charge in [-0.3, -0.25) is 4.55 Å². The number of hydrogen-bond acceptors (Lipinski definition) is 2. The number of aryl methyl sites for hydroxylation is 1. The minimum atomic E-state index is -4.47. The van der Waals surface area contributed by atoms with Gasteiger partial charge in [-0.2, -0.15) is 21.6 Å². The molecule has 92 valence electrons. The molecule has 1 rings (SSSR count). The van der Waals surface area contributed by atoms with Crippen molar-refractivity contribution in [3.8, 4) is 0 Å². The monoisotopic (exact) mass is 278 g/mol. The molecule has 0 heterocycles. The van der Waals surface area contributed by atoms with Crippen LogP contribution in [0.25, 0.3) is 0 Å². The summed E-state index contributed by atoms with van der Waals surface area (Å²) in [4.78, 5) is -0.473. The van der Waals surface area contributed by atoms with Crippen molar-refractivity contribution in [2.45, 2.75) is 23.9 Å². The summed E-state index contributed by atoms with van der Waals surface area (Å²) >= 11 is 0. The van der Waals surface area contributed by atoms with E-state index in [4.69, 9.17) is 4.55 Å². The molecule has 0 radical (unpaired) electrons. The van der Waals surface area contributed by atoms with E-state index < -0.39 is 34.0 Å². The summed E-state index contributed by atoms with van der Waals surface area (Å²) in [6.45, 7) is 0. The third kappa shape index (κ3) is 5.87. The molecule has 0 atom stereocenters. The van der Waals surface area contributed by atoms with Crippen LogP contribution in [0.15, 0.2) is 29.2 Å². The van der Waals surface area contributed by atoms with E-state index in [0.29, 0.717) is 0 Å². The van der Waals surface area contributed by atoms with Crippen LogP contribution in [-0.2, 0) is 16.5 Å². The summed E-state index contributed by atoms with van der Waals surface area (Å²) in [5.74, 6) is 0. The van der Waals surface area contributed by atoms with Gasteiger partial charge >= 0.3 is 35.7 Å². The van der Waals surface area contributed by atoms with Crippen molar-refractivity contribution in [1.82, 2.24) is 0 Å². The molecule has 0 aliphatic heterocycles. The molecule has 17 heavy (non-hydrogen) atoms. The van der Waals surface area contributed by atoms with Crippen LogP contribution < -0.4 is 0 Å². The van der Waals surface area contributed by atoms with E-state index >= 15 is 0 Å². The molecular weight excluding hydrogens is 268 g/mol. The molecule has 0 unspecified atom stereocenters. The van der Waals surface area contributed by atoms with Crippen LogP contribution in [0.4, 0.5) is 13.2 Å². The molecule has 3 nitrogen and oxygen atoms in total. The Bertz CT molecular complexity index is 471. The summed E-state index contributed by atoms with van der Waals surface area (Å²) in [5.41, 5.74) is -0.0395. The van der Waals surface area contributed by atoms with Crippen LogP contribution in [0.1, 0.15) is 12.0 Å². The molecular formula is C9H10F3NaO3S. The molecule has 1 aromatic rings. The van der Waals surface area contributed by atoms with E-state index in [1.165, 1.54) is 18.2 Å². The Kier molecular flexibility index (Phi) is 6.16. The predicted octanol–water partition coefficient (Wildman–Crippen LogP) is 1.78. The van der Waals surface area contributed by atoms with E-state index in [1.54, 1.807) is 0 Å². The second kappa shape index (κ2) is 6.19. The van der Waals surface area contributed by atoms with Gasteiger partial charge in [0.25, 0.3) is 10.1 Å². The molecule has 0 spiro atoms. The molecule has 0 aliphatic carbocycles. The second-order valence-corrected chi connectivity index (χ2v) is 4.59. The molecule has 0 fully saturated rings. The first-order valence-corrected chi connectivity index (χ1v) is 5.76. The van der Waals surface area contributed by atoms with E-state index in [0.717, 1.165) is 6.07 Å². The molecule has 0 bridgehead atoms. The van der Waals surface area contributed by atoms with Gasteiger partial charge in [-0.15, -0.1) is 0 Å². The fourth-order valence-electron chi connectivity index (χ4n) is 1.24. The van der Waals surface area contributed by atoms with E-state index in [2.05, 4.69) is 0 Å². The first-order chi connectivity index (χ1) is 7.20. The molecule has 1 aromatic carbocycles. The molecule has 1 N–H and O–H groups in total. The van der Waals surface area contributed by atoms with Gasteiger partial charge in [0, 0.05) is 6.42 Å². The fourth-order valence-corrected chi connectivity index (χ4v) is 1.99. The molecule has 8 heteroatoms. The van der Waals surface area contributed by atoms with Crippen molar-refractivity contribution in [2.75, 3.05) is 0 Å². The quantitative estimate of drug-likeness (QED) is 0.677. The van der Waals surface area contributed by atoms with Gasteiger partial charge in [0.15, 0.2) is 0 Å². The number of hydrogen-bond donors (Lipinski definition) is 1. The summed E-state index contributed by atoms with van der Waals surface area (Å²) in [7, 11) is -4.47. The third-order valence-electron chi connectivity index (χ3n) is 1.93. The Morgan fingerprint density at radius 3 is 2.18 bits per heavy atom. The first-order valence-electron chi connectivity index (χ1n) is 4.32. The Hall–Kier alpha value is -0.0800. The van der Waals surface area contributed by atoms with Crippen LogP contribution in [0.2, 0.25) is 0 Å². The van der Waals surface area contributed by atoms with E-state index in [9.17, 15) is 21.6 Å². The second-order valence-electron chi connectivity index (χ2n) is 3.20. The zero-order chi connectivity index (χ0) is 12.4. The maximum atomic E-state index is 12.0. The van der Waals surface area contributed by atoms with Crippen molar-refractivity contribution in [2.24, 2.45) is 0 Å². The standard InChI is InChI=1S/C9H9F3O3S.Na.H/c10-9(11,12)6-5-7-3-1-2-4-8(7)16(13,14)15;;/h1-4H,5-6H2,(H,13,14,15);;. The number of rotatable bonds is 3. The van der Waals surface area contributed by atoms with E-state index in [1.807, 2.05) is 0 Å². The van der Waals surface area contributed by atoms with E-state index in [-0.39, 0.29) is 35.1 Å². The maximum absolute atomic E-state index is 12.0. The van der Waals surface area contributed by atoms with Crippen LogP contribution in [0.3, 0.4) is 0 Å². The Labute approximate surface area is 119 Å². The van der Waals surface area contributed by atoms with Crippen molar-refractivity contribution in [1.29, 1.82) is 0 Å². The van der Waals surface area contributed by atoms with Crippen LogP contribution in [0, 0.1) is 0 Å². The predicted molar refractivity (Wildman–Crippen MR) is 57.8 cm³/mol. The number of halogens is 3. The zero-order valence-corrected chi connectivity index (χ0v) is 8.85. The summed E-state index contributed by atoms with van der Waals surface area (Å²) in [5, 5.41) is 0. The number of alkyl halides is 3. The Morgan fingerprint density at radius 2 is 1.71 bits per heavy atom. The van der Waals surface area contributed by atoms with Gasteiger partial charge in [0.05, 0.1) is 4.90 Å². The van der Waals surface area contributed by atoms with Crippen molar-refractivity contribution >= 4 is 39.7 Å². The average molecular weight is 278 g/mol. The average Bonchev–Trinajstić information content (AvgIpc) is 2.12. The van der Waals surface area contributed by atoms with Crippen molar-refractivity contribution < 1.29 is 26.1 Å². The molecule has 0 aliphatic rings. The number of benzene rings is 1. The van der Waals surface area contributed by atoms with Crippen molar-refractivity contribution in [3.63, 3.8) is 0 Å².